The Morgan fingerprint density at radius 1 is 0.579 bits per heavy atom. The van der Waals surface area contributed by atoms with Gasteiger partial charge < -0.3 is 0 Å². The van der Waals surface area contributed by atoms with Gasteiger partial charge in [0.25, 0.3) is 0 Å². The van der Waals surface area contributed by atoms with Gasteiger partial charge in [-0.05, 0) is 9.46 Å². The topological polar surface area (TPSA) is 185 Å². The van der Waals surface area contributed by atoms with E-state index in [0.29, 0.717) is 0 Å². The molecule has 0 amide bonds. The van der Waals surface area contributed by atoms with E-state index >= 15 is 0 Å². The highest BCUT2D eigenvalue weighted by molar-refractivity contribution is 4.68. The number of aromatic nitrogens is 6. The minimum atomic E-state index is -1.33. The van der Waals surface area contributed by atoms with E-state index in [9.17, 15) is 28.8 Å². The Bertz CT molecular complexity index is 816. The summed E-state index contributed by atoms with van der Waals surface area (Å²) < 4.78 is -0.202. The molecule has 13 nitrogen and oxygen atoms in total. The molecule has 19 heavy (non-hydrogen) atoms. The van der Waals surface area contributed by atoms with Gasteiger partial charge in [-0.15, -0.1) is 0 Å². The van der Waals surface area contributed by atoms with Crippen LogP contribution in [-0.4, -0.2) is 29.4 Å². The van der Waals surface area contributed by atoms with E-state index in [0.717, 1.165) is 0 Å². The van der Waals surface area contributed by atoms with E-state index in [1.54, 1.807) is 19.9 Å². The van der Waals surface area contributed by atoms with E-state index in [-0.39, 0.29) is 9.46 Å². The number of rotatable bonds is 2. The van der Waals surface area contributed by atoms with Gasteiger partial charge in [0.2, 0.25) is 0 Å². The van der Waals surface area contributed by atoms with Crippen molar-refractivity contribution in [1.29, 1.82) is 0 Å². The van der Waals surface area contributed by atoms with Crippen LogP contribution in [-0.2, 0) is 0 Å². The molecule has 2 rings (SSSR count). The van der Waals surface area contributed by atoms with Crippen molar-refractivity contribution in [2.24, 2.45) is 0 Å². The molecule has 13 heteroatoms. The molecule has 0 aliphatic rings. The maximum absolute atomic E-state index is 11.2. The predicted molar refractivity (Wildman–Crippen MR) is 55.9 cm³/mol. The summed E-state index contributed by atoms with van der Waals surface area (Å²) in [5.74, 6) is 0. The molecule has 0 saturated carbocycles. The average Bonchev–Trinajstić information content (AvgIpc) is 2.25. The van der Waals surface area contributed by atoms with Gasteiger partial charge in [0.15, 0.2) is 0 Å². The molecular weight excluding hydrogens is 268 g/mol. The van der Waals surface area contributed by atoms with Gasteiger partial charge in [0, 0.05) is 0 Å². The van der Waals surface area contributed by atoms with Gasteiger partial charge in [-0.25, -0.2) is 28.8 Å². The zero-order valence-electron chi connectivity index (χ0n) is 8.75. The van der Waals surface area contributed by atoms with Gasteiger partial charge in [0.05, 0.1) is 0 Å². The molecule has 0 fully saturated rings. The van der Waals surface area contributed by atoms with Crippen LogP contribution in [0.5, 0.6) is 0 Å². The lowest BCUT2D eigenvalue weighted by atomic mass is 11.0. The first-order valence-corrected chi connectivity index (χ1v) is 4.48. The van der Waals surface area contributed by atoms with Crippen LogP contribution >= 0.6 is 0 Å². The van der Waals surface area contributed by atoms with Gasteiger partial charge >= 0.3 is 34.1 Å². The number of nitrogens with one attached hydrogen (secondary N) is 4. The van der Waals surface area contributed by atoms with Crippen molar-refractivity contribution in [2.75, 3.05) is 0 Å². The summed E-state index contributed by atoms with van der Waals surface area (Å²) >= 11 is 0. The van der Waals surface area contributed by atoms with E-state index < -0.39 is 34.1 Å². The fourth-order valence-electron chi connectivity index (χ4n) is 1.07. The van der Waals surface area contributed by atoms with E-state index in [4.69, 9.17) is 0 Å². The zero-order chi connectivity index (χ0) is 14.2. The highest BCUT2D eigenvalue weighted by Crippen LogP contribution is 1.58. The third-order valence-electron chi connectivity index (χ3n) is 1.78. The Morgan fingerprint density at radius 3 is 1.11 bits per heavy atom. The smallest absolute Gasteiger partial charge is 0.263 e. The van der Waals surface area contributed by atoms with Crippen LogP contribution in [0.1, 0.15) is 0 Å². The van der Waals surface area contributed by atoms with Crippen LogP contribution in [0.25, 0.3) is 0 Å². The molecule has 0 atom stereocenters. The number of hydrogen-bond donors (Lipinski definition) is 4. The second kappa shape index (κ2) is 4.13. The molecule has 0 aliphatic heterocycles. The first-order valence-electron chi connectivity index (χ1n) is 4.48. The third kappa shape index (κ3) is 2.19. The largest absolute Gasteiger partial charge is 0.369 e. The van der Waals surface area contributed by atoms with E-state index in [2.05, 4.69) is 4.94 Å². The first-order chi connectivity index (χ1) is 8.88. The van der Waals surface area contributed by atoms with E-state index in [1.165, 1.54) is 0 Å². The Kier molecular flexibility index (Phi) is 2.63. The third-order valence-corrected chi connectivity index (χ3v) is 1.78. The van der Waals surface area contributed by atoms with Gasteiger partial charge in [-0.2, -0.15) is 0 Å². The van der Waals surface area contributed by atoms with Crippen molar-refractivity contribution < 1.29 is 4.94 Å². The quantitative estimate of drug-likeness (QED) is 0.420. The molecule has 0 aliphatic carbocycles. The second-order valence-corrected chi connectivity index (χ2v) is 3.05. The number of hydrogen-bond acceptors (Lipinski definition) is 7. The fourth-order valence-corrected chi connectivity index (χ4v) is 1.07. The molecule has 2 aromatic rings. The second-order valence-electron chi connectivity index (χ2n) is 3.05. The highest BCUT2D eigenvalue weighted by atomic mass is 16.8. The molecule has 2 aromatic heterocycles. The summed E-state index contributed by atoms with van der Waals surface area (Å²) in [4.78, 5) is 77.2. The van der Waals surface area contributed by atoms with Crippen LogP contribution in [0.15, 0.2) is 28.8 Å². The van der Waals surface area contributed by atoms with Crippen molar-refractivity contribution in [2.45, 2.75) is 0 Å². The molecular formula is C6H4N6O7. The maximum Gasteiger partial charge on any atom is 0.369 e. The zero-order valence-corrected chi connectivity index (χ0v) is 8.75. The molecule has 0 aromatic carbocycles. The van der Waals surface area contributed by atoms with Crippen LogP contribution in [0.4, 0.5) is 0 Å². The molecule has 0 radical (unpaired) electrons. The molecule has 0 spiro atoms. The molecule has 0 saturated heterocycles. The minimum Gasteiger partial charge on any atom is -0.263 e. The molecule has 4 N–H and O–H groups in total. The summed E-state index contributed by atoms with van der Waals surface area (Å²) in [6.45, 7) is 0. The predicted octanol–water partition coefficient (Wildman–Crippen LogP) is -5.34. The van der Waals surface area contributed by atoms with Crippen molar-refractivity contribution in [3.63, 3.8) is 0 Å². The van der Waals surface area contributed by atoms with E-state index in [1.807, 2.05) is 0 Å². The normalized spacial score (nSPS) is 10.3. The number of nitrogens with zero attached hydrogens (tertiary/aromatic N) is 2. The lowest BCUT2D eigenvalue weighted by Crippen LogP contribution is -2.54. The Hall–Kier alpha value is -3.38. The lowest BCUT2D eigenvalue weighted by molar-refractivity contribution is -0.000551. The highest BCUT2D eigenvalue weighted by Gasteiger charge is 2.09. The van der Waals surface area contributed by atoms with Crippen molar-refractivity contribution in [3.05, 3.63) is 62.9 Å². The van der Waals surface area contributed by atoms with Crippen LogP contribution in [0.2, 0.25) is 0 Å². The van der Waals surface area contributed by atoms with Gasteiger partial charge in [0.1, 0.15) is 0 Å². The van der Waals surface area contributed by atoms with Crippen LogP contribution < -0.4 is 39.1 Å². The summed E-state index contributed by atoms with van der Waals surface area (Å²) in [5, 5.41) is 0. The fraction of sp³-hybridized carbons (Fsp3) is 0. The Labute approximate surface area is 98.2 Å². The van der Waals surface area contributed by atoms with Crippen LogP contribution in [0.3, 0.4) is 0 Å². The SMILES string of the molecule is O=c1[nH]c(=O)n(On2c(=O)[nH]c(=O)[nH]c2=O)c(=O)[nH]1. The van der Waals surface area contributed by atoms with Crippen LogP contribution in [0, 0.1) is 0 Å². The van der Waals surface area contributed by atoms with Crippen molar-refractivity contribution >= 4 is 0 Å². The average molecular weight is 272 g/mol. The van der Waals surface area contributed by atoms with Crippen molar-refractivity contribution in [1.82, 2.24) is 29.4 Å². The minimum absolute atomic E-state index is 0.101. The molecule has 0 bridgehead atoms. The summed E-state index contributed by atoms with van der Waals surface area (Å²) in [6.07, 6.45) is 0. The first kappa shape index (κ1) is 12.1. The Morgan fingerprint density at radius 2 is 0.842 bits per heavy atom. The maximum atomic E-state index is 11.2. The Balaban J connectivity index is 2.68. The lowest BCUT2D eigenvalue weighted by Gasteiger charge is -2.03. The molecule has 2 heterocycles. The standard InChI is InChI=1S/C6H4N6O7/c13-1-7-3(15)11(4(16)8-1)19-12-5(17)9-2(14)10-6(12)18/h(H2,7,8,13,15,16)(H2,9,10,14,17,18). The molecule has 100 valence electrons. The summed E-state index contributed by atoms with van der Waals surface area (Å²) in [7, 11) is 0. The van der Waals surface area contributed by atoms with Gasteiger partial charge in [-0.3, -0.25) is 24.9 Å². The summed E-state index contributed by atoms with van der Waals surface area (Å²) in [5.41, 5.74) is -7.51. The molecule has 0 unspecified atom stereocenters. The summed E-state index contributed by atoms with van der Waals surface area (Å²) in [6, 6.07) is 0. The number of H-pyrrole nitrogens is 4. The number of aromatic amines is 4. The van der Waals surface area contributed by atoms with Gasteiger partial charge in [-0.1, -0.05) is 0 Å². The monoisotopic (exact) mass is 272 g/mol. The van der Waals surface area contributed by atoms with Crippen molar-refractivity contribution in [3.8, 4) is 0 Å².